The Bertz CT molecular complexity index is 623. The molecule has 0 amide bonds. The molecule has 0 bridgehead atoms. The standard InChI is InChI=1S/C11H13N3O3S/c1-7(6-18(2)17)14-10-5-8(11(15)16)3-4-9(10)12-13-14/h3-5,7H,6H2,1-2H3,(H,15,16). The van der Waals surface area contributed by atoms with Crippen LogP contribution in [0.4, 0.5) is 0 Å². The number of hydrogen-bond donors (Lipinski definition) is 1. The second-order valence-corrected chi connectivity index (χ2v) is 5.61. The normalized spacial score (nSPS) is 14.6. The first kappa shape index (κ1) is 12.7. The number of carboxylic acids is 1. The summed E-state index contributed by atoms with van der Waals surface area (Å²) in [5.74, 6) is -0.535. The number of carbonyl (C=O) groups is 1. The van der Waals surface area contributed by atoms with Gasteiger partial charge in [-0.1, -0.05) is 5.21 Å². The maximum atomic E-state index is 11.2. The van der Waals surface area contributed by atoms with Crippen molar-refractivity contribution in [2.45, 2.75) is 13.0 Å². The topological polar surface area (TPSA) is 85.1 Å². The molecule has 0 aliphatic rings. The van der Waals surface area contributed by atoms with Gasteiger partial charge in [-0.15, -0.1) is 5.10 Å². The minimum Gasteiger partial charge on any atom is -0.478 e. The summed E-state index contributed by atoms with van der Waals surface area (Å²) in [6.45, 7) is 1.88. The fourth-order valence-corrected chi connectivity index (χ4v) is 2.63. The Kier molecular flexibility index (Phi) is 3.42. The summed E-state index contributed by atoms with van der Waals surface area (Å²) < 4.78 is 12.8. The summed E-state index contributed by atoms with van der Waals surface area (Å²) in [7, 11) is -0.942. The molecule has 0 aliphatic heterocycles. The molecule has 2 atom stereocenters. The highest BCUT2D eigenvalue weighted by molar-refractivity contribution is 7.84. The zero-order valence-corrected chi connectivity index (χ0v) is 10.8. The molecule has 1 aromatic heterocycles. The Balaban J connectivity index is 2.48. The third kappa shape index (κ3) is 2.40. The largest absolute Gasteiger partial charge is 0.478 e. The molecule has 0 saturated carbocycles. The number of aromatic nitrogens is 3. The number of carboxylic acid groups (broad SMARTS) is 1. The SMILES string of the molecule is CC(CS(C)=O)n1nnc2ccc(C(=O)O)cc21. The summed E-state index contributed by atoms with van der Waals surface area (Å²) in [4.78, 5) is 10.9. The van der Waals surface area contributed by atoms with Crippen molar-refractivity contribution in [3.05, 3.63) is 23.8 Å². The fraction of sp³-hybridized carbons (Fsp3) is 0.364. The van der Waals surface area contributed by atoms with Gasteiger partial charge in [0.1, 0.15) is 5.52 Å². The van der Waals surface area contributed by atoms with Crippen LogP contribution in [-0.2, 0) is 10.8 Å². The Morgan fingerprint density at radius 1 is 1.56 bits per heavy atom. The lowest BCUT2D eigenvalue weighted by atomic mass is 10.2. The Hall–Kier alpha value is -1.76. The van der Waals surface area contributed by atoms with E-state index in [-0.39, 0.29) is 11.6 Å². The van der Waals surface area contributed by atoms with Crippen LogP contribution in [0.25, 0.3) is 11.0 Å². The third-order valence-electron chi connectivity index (χ3n) is 2.61. The number of fused-ring (bicyclic) bond motifs is 1. The molecule has 0 saturated heterocycles. The highest BCUT2D eigenvalue weighted by Crippen LogP contribution is 2.18. The molecule has 2 aromatic rings. The second kappa shape index (κ2) is 4.85. The van der Waals surface area contributed by atoms with E-state index in [1.807, 2.05) is 6.92 Å². The molecule has 1 heterocycles. The zero-order chi connectivity index (χ0) is 13.3. The maximum Gasteiger partial charge on any atom is 0.335 e. The van der Waals surface area contributed by atoms with Gasteiger partial charge in [0.2, 0.25) is 0 Å². The van der Waals surface area contributed by atoms with Crippen LogP contribution in [0.3, 0.4) is 0 Å². The lowest BCUT2D eigenvalue weighted by Gasteiger charge is -2.10. The first-order chi connectivity index (χ1) is 8.49. The number of hydrogen-bond acceptors (Lipinski definition) is 4. The van der Waals surface area contributed by atoms with E-state index >= 15 is 0 Å². The van der Waals surface area contributed by atoms with Crippen molar-refractivity contribution in [2.75, 3.05) is 12.0 Å². The summed E-state index contributed by atoms with van der Waals surface area (Å²) >= 11 is 0. The Morgan fingerprint density at radius 3 is 2.89 bits per heavy atom. The van der Waals surface area contributed by atoms with E-state index in [0.717, 1.165) is 0 Å². The zero-order valence-electron chi connectivity index (χ0n) is 10.0. The highest BCUT2D eigenvalue weighted by atomic mass is 32.2. The van der Waals surface area contributed by atoms with E-state index < -0.39 is 16.8 Å². The molecule has 96 valence electrons. The van der Waals surface area contributed by atoms with Gasteiger partial charge in [-0.05, 0) is 25.1 Å². The maximum absolute atomic E-state index is 11.2. The number of aromatic carboxylic acids is 1. The lowest BCUT2D eigenvalue weighted by molar-refractivity contribution is 0.0697. The molecule has 1 aromatic carbocycles. The van der Waals surface area contributed by atoms with E-state index in [1.165, 1.54) is 12.1 Å². The van der Waals surface area contributed by atoms with E-state index in [9.17, 15) is 9.00 Å². The molecule has 18 heavy (non-hydrogen) atoms. The second-order valence-electron chi connectivity index (χ2n) is 4.13. The lowest BCUT2D eigenvalue weighted by Crippen LogP contribution is -2.14. The fourth-order valence-electron chi connectivity index (χ4n) is 1.80. The molecule has 2 unspecified atom stereocenters. The van der Waals surface area contributed by atoms with Crippen LogP contribution in [0.1, 0.15) is 23.3 Å². The van der Waals surface area contributed by atoms with Crippen LogP contribution in [0, 0.1) is 0 Å². The van der Waals surface area contributed by atoms with E-state index in [1.54, 1.807) is 17.0 Å². The smallest absolute Gasteiger partial charge is 0.335 e. The van der Waals surface area contributed by atoms with Crippen LogP contribution < -0.4 is 0 Å². The molecule has 7 heteroatoms. The molecule has 0 radical (unpaired) electrons. The molecule has 1 N–H and O–H groups in total. The van der Waals surface area contributed by atoms with Crippen molar-refractivity contribution >= 4 is 27.8 Å². The summed E-state index contributed by atoms with van der Waals surface area (Å²) in [6.07, 6.45) is 1.62. The van der Waals surface area contributed by atoms with Crippen LogP contribution in [0.5, 0.6) is 0 Å². The van der Waals surface area contributed by atoms with Crippen molar-refractivity contribution < 1.29 is 14.1 Å². The predicted molar refractivity (Wildman–Crippen MR) is 68.1 cm³/mol. The van der Waals surface area contributed by atoms with Crippen LogP contribution in [0.15, 0.2) is 18.2 Å². The predicted octanol–water partition coefficient (Wildman–Crippen LogP) is 1.07. The first-order valence-electron chi connectivity index (χ1n) is 5.37. The summed E-state index contributed by atoms with van der Waals surface area (Å²) in [5.41, 5.74) is 1.47. The van der Waals surface area contributed by atoms with Gasteiger partial charge < -0.3 is 5.11 Å². The van der Waals surface area contributed by atoms with Gasteiger partial charge in [-0.25, -0.2) is 9.48 Å². The number of benzene rings is 1. The number of nitrogens with zero attached hydrogens (tertiary/aromatic N) is 3. The molecule has 2 rings (SSSR count). The molecular formula is C11H13N3O3S. The van der Waals surface area contributed by atoms with Crippen LogP contribution in [0.2, 0.25) is 0 Å². The minimum absolute atomic E-state index is 0.0927. The average molecular weight is 267 g/mol. The first-order valence-corrected chi connectivity index (χ1v) is 7.10. The Labute approximate surface area is 106 Å². The van der Waals surface area contributed by atoms with Crippen LogP contribution in [-0.4, -0.2) is 42.3 Å². The molecular weight excluding hydrogens is 254 g/mol. The van der Waals surface area contributed by atoms with Gasteiger partial charge in [0.05, 0.1) is 17.1 Å². The van der Waals surface area contributed by atoms with Gasteiger partial charge >= 0.3 is 5.97 Å². The average Bonchev–Trinajstić information content (AvgIpc) is 2.70. The molecule has 6 nitrogen and oxygen atoms in total. The monoisotopic (exact) mass is 267 g/mol. The van der Waals surface area contributed by atoms with Gasteiger partial charge in [-0.3, -0.25) is 4.21 Å². The van der Waals surface area contributed by atoms with Gasteiger partial charge in [-0.2, -0.15) is 0 Å². The van der Waals surface area contributed by atoms with Gasteiger partial charge in [0.15, 0.2) is 0 Å². The summed E-state index contributed by atoms with van der Waals surface area (Å²) in [6, 6.07) is 4.56. The molecule has 0 aliphatic carbocycles. The third-order valence-corrected chi connectivity index (χ3v) is 3.56. The highest BCUT2D eigenvalue weighted by Gasteiger charge is 2.14. The van der Waals surface area contributed by atoms with Crippen molar-refractivity contribution in [2.24, 2.45) is 0 Å². The van der Waals surface area contributed by atoms with Crippen molar-refractivity contribution in [3.63, 3.8) is 0 Å². The van der Waals surface area contributed by atoms with Crippen molar-refractivity contribution in [1.82, 2.24) is 15.0 Å². The Morgan fingerprint density at radius 2 is 2.28 bits per heavy atom. The minimum atomic E-state index is -0.989. The van der Waals surface area contributed by atoms with Gasteiger partial charge in [0, 0.05) is 22.8 Å². The molecule has 0 fully saturated rings. The quantitative estimate of drug-likeness (QED) is 0.895. The van der Waals surface area contributed by atoms with Crippen molar-refractivity contribution in [1.29, 1.82) is 0 Å². The summed E-state index contributed by atoms with van der Waals surface area (Å²) in [5, 5.41) is 16.9. The van der Waals surface area contributed by atoms with Crippen molar-refractivity contribution in [3.8, 4) is 0 Å². The van der Waals surface area contributed by atoms with E-state index in [4.69, 9.17) is 5.11 Å². The number of rotatable bonds is 4. The van der Waals surface area contributed by atoms with Gasteiger partial charge in [0.25, 0.3) is 0 Å². The van der Waals surface area contributed by atoms with Crippen LogP contribution >= 0.6 is 0 Å². The van der Waals surface area contributed by atoms with E-state index in [2.05, 4.69) is 10.3 Å². The molecule has 0 spiro atoms. The van der Waals surface area contributed by atoms with E-state index in [0.29, 0.717) is 16.8 Å².